The normalized spacial score (nSPS) is 18.1. The molecule has 3 fully saturated rings. The zero-order chi connectivity index (χ0) is 33.5. The lowest BCUT2D eigenvalue weighted by Gasteiger charge is -2.20. The number of H-pyrrole nitrogens is 2. The number of hydrogen-bond acceptors (Lipinski definition) is 11. The molecule has 0 aromatic carbocycles. The van der Waals surface area contributed by atoms with Gasteiger partial charge in [-0.25, -0.2) is 19.9 Å². The summed E-state index contributed by atoms with van der Waals surface area (Å²) in [5, 5.41) is 17.8. The first-order valence-corrected chi connectivity index (χ1v) is 19.7. The molecule has 262 valence electrons. The Morgan fingerprint density at radius 3 is 1.67 bits per heavy atom. The van der Waals surface area contributed by atoms with E-state index in [9.17, 15) is 9.59 Å². The van der Waals surface area contributed by atoms with Crippen LogP contribution >= 0.6 is 23.5 Å². The summed E-state index contributed by atoms with van der Waals surface area (Å²) >= 11 is 3.18. The predicted molar refractivity (Wildman–Crippen MR) is 192 cm³/mol. The number of thioether (sulfide) groups is 2. The Bertz CT molecular complexity index is 1770. The fourth-order valence-corrected chi connectivity index (χ4v) is 8.94. The first kappa shape index (κ1) is 35.1. The van der Waals surface area contributed by atoms with Crippen LogP contribution in [0.4, 0.5) is 0 Å². The van der Waals surface area contributed by atoms with Crippen LogP contribution in [0, 0.1) is 0 Å². The number of nitrogens with one attached hydrogen (secondary N) is 4. The molecule has 2 saturated heterocycles. The first-order chi connectivity index (χ1) is 23.5. The Kier molecular flexibility index (Phi) is 12.3. The van der Waals surface area contributed by atoms with E-state index in [-0.39, 0.29) is 17.7 Å². The molecule has 0 atom stereocenters. The van der Waals surface area contributed by atoms with Crippen molar-refractivity contribution in [2.45, 2.75) is 119 Å². The van der Waals surface area contributed by atoms with E-state index >= 15 is 0 Å². The molecule has 4 aromatic heterocycles. The predicted octanol–water partition coefficient (Wildman–Crippen LogP) is 4.11. The van der Waals surface area contributed by atoms with E-state index in [0.717, 1.165) is 88.1 Å². The summed E-state index contributed by atoms with van der Waals surface area (Å²) in [6.07, 6.45) is 11.0. The van der Waals surface area contributed by atoms with E-state index in [1.54, 1.807) is 16.3 Å². The van der Waals surface area contributed by atoms with Crippen molar-refractivity contribution in [3.63, 3.8) is 0 Å². The fourth-order valence-electron chi connectivity index (χ4n) is 6.88. The Morgan fingerprint density at radius 1 is 0.708 bits per heavy atom. The third kappa shape index (κ3) is 8.01. The van der Waals surface area contributed by atoms with Crippen LogP contribution in [0.15, 0.2) is 19.9 Å². The SMILES string of the molecule is CCCn1c(SC2CCCC2)nc2nc(C3CCNCC3)[nH]c2c1=O.CCCn1c(SCCO)nc2nc(C3CCNCC3)[nH]c2c1=O. The molecule has 13 nitrogen and oxygen atoms in total. The summed E-state index contributed by atoms with van der Waals surface area (Å²) in [5.41, 5.74) is 2.16. The molecule has 0 amide bonds. The molecule has 6 heterocycles. The largest absolute Gasteiger partial charge is 0.396 e. The highest BCUT2D eigenvalue weighted by Crippen LogP contribution is 2.34. The van der Waals surface area contributed by atoms with E-state index in [1.165, 1.54) is 37.4 Å². The summed E-state index contributed by atoms with van der Waals surface area (Å²) in [7, 11) is 0. The van der Waals surface area contributed by atoms with Gasteiger partial charge in [0, 0.05) is 35.9 Å². The second-order valence-corrected chi connectivity index (χ2v) is 15.3. The highest BCUT2D eigenvalue weighted by molar-refractivity contribution is 7.99. The number of aromatic nitrogens is 8. The third-order valence-corrected chi connectivity index (χ3v) is 11.7. The van der Waals surface area contributed by atoms with Crippen molar-refractivity contribution in [3.05, 3.63) is 32.4 Å². The lowest BCUT2D eigenvalue weighted by atomic mass is 9.98. The molecule has 1 aliphatic carbocycles. The van der Waals surface area contributed by atoms with Gasteiger partial charge in [0.2, 0.25) is 0 Å². The molecule has 7 rings (SSSR count). The van der Waals surface area contributed by atoms with Crippen LogP contribution in [-0.2, 0) is 13.1 Å². The highest BCUT2D eigenvalue weighted by atomic mass is 32.2. The van der Waals surface area contributed by atoms with Crippen molar-refractivity contribution in [2.24, 2.45) is 0 Å². The van der Waals surface area contributed by atoms with Gasteiger partial charge in [0.15, 0.2) is 32.6 Å². The molecule has 0 unspecified atom stereocenters. The molecule has 1 saturated carbocycles. The minimum atomic E-state index is -0.0648. The Labute approximate surface area is 289 Å². The molecule has 4 aromatic rings. The number of imidazole rings is 2. The Morgan fingerprint density at radius 2 is 1.19 bits per heavy atom. The summed E-state index contributed by atoms with van der Waals surface area (Å²) < 4.78 is 3.54. The van der Waals surface area contributed by atoms with Gasteiger partial charge in [0.25, 0.3) is 11.1 Å². The summed E-state index contributed by atoms with van der Waals surface area (Å²) in [4.78, 5) is 51.0. The monoisotopic (exact) mass is 698 g/mol. The zero-order valence-corrected chi connectivity index (χ0v) is 29.9. The van der Waals surface area contributed by atoms with Crippen molar-refractivity contribution in [3.8, 4) is 0 Å². The first-order valence-electron chi connectivity index (χ1n) is 17.8. The van der Waals surface area contributed by atoms with Gasteiger partial charge in [0.05, 0.1) is 6.61 Å². The van der Waals surface area contributed by atoms with Crippen LogP contribution in [0.1, 0.15) is 102 Å². The van der Waals surface area contributed by atoms with Gasteiger partial charge in [0.1, 0.15) is 11.6 Å². The number of piperidine rings is 2. The second-order valence-electron chi connectivity index (χ2n) is 13.0. The quantitative estimate of drug-likeness (QED) is 0.113. The second kappa shape index (κ2) is 16.8. The summed E-state index contributed by atoms with van der Waals surface area (Å²) in [6.45, 7) is 9.52. The van der Waals surface area contributed by atoms with Crippen LogP contribution in [-0.4, -0.2) is 87.9 Å². The van der Waals surface area contributed by atoms with Gasteiger partial charge in [-0.2, -0.15) is 0 Å². The molecule has 5 N–H and O–H groups in total. The van der Waals surface area contributed by atoms with Gasteiger partial charge < -0.3 is 25.7 Å². The maximum absolute atomic E-state index is 13.0. The lowest BCUT2D eigenvalue weighted by molar-refractivity contribution is 0.322. The van der Waals surface area contributed by atoms with Crippen LogP contribution in [0.25, 0.3) is 22.3 Å². The number of aliphatic hydroxyl groups is 1. The van der Waals surface area contributed by atoms with Crippen molar-refractivity contribution < 1.29 is 5.11 Å². The molecule has 2 aliphatic heterocycles. The van der Waals surface area contributed by atoms with Gasteiger partial charge in [-0.05, 0) is 77.5 Å². The smallest absolute Gasteiger partial charge is 0.280 e. The average Bonchev–Trinajstić information content (AvgIpc) is 3.89. The Hall–Kier alpha value is -2.72. The van der Waals surface area contributed by atoms with Gasteiger partial charge in [-0.15, -0.1) is 0 Å². The van der Waals surface area contributed by atoms with Crippen LogP contribution in [0.3, 0.4) is 0 Å². The zero-order valence-electron chi connectivity index (χ0n) is 28.2. The topological polar surface area (TPSA) is 171 Å². The molecule has 0 spiro atoms. The molecule has 15 heteroatoms. The van der Waals surface area contributed by atoms with Crippen LogP contribution < -0.4 is 21.8 Å². The average molecular weight is 699 g/mol. The minimum absolute atomic E-state index is 0.0417. The number of fused-ring (bicyclic) bond motifs is 2. The number of aromatic amines is 2. The van der Waals surface area contributed by atoms with Crippen molar-refractivity contribution in [2.75, 3.05) is 38.5 Å². The van der Waals surface area contributed by atoms with Gasteiger partial charge in [-0.3, -0.25) is 18.7 Å². The molecule has 0 bridgehead atoms. The van der Waals surface area contributed by atoms with Gasteiger partial charge >= 0.3 is 0 Å². The molecular formula is C33H50N10O3S2. The van der Waals surface area contributed by atoms with E-state index in [4.69, 9.17) is 15.1 Å². The third-order valence-electron chi connectivity index (χ3n) is 9.43. The molecule has 3 aliphatic rings. The van der Waals surface area contributed by atoms with Crippen LogP contribution in [0.5, 0.6) is 0 Å². The fraction of sp³-hybridized carbons (Fsp3) is 0.697. The summed E-state index contributed by atoms with van der Waals surface area (Å²) in [6, 6.07) is 0. The van der Waals surface area contributed by atoms with Crippen molar-refractivity contribution in [1.29, 1.82) is 0 Å². The van der Waals surface area contributed by atoms with Crippen LogP contribution in [0.2, 0.25) is 0 Å². The maximum Gasteiger partial charge on any atom is 0.280 e. The number of aliphatic hydroxyl groups excluding tert-OH is 1. The molecule has 0 radical (unpaired) electrons. The Balaban J connectivity index is 0.000000168. The van der Waals surface area contributed by atoms with Crippen molar-refractivity contribution >= 4 is 45.9 Å². The lowest BCUT2D eigenvalue weighted by Crippen LogP contribution is -2.27. The van der Waals surface area contributed by atoms with E-state index in [1.807, 2.05) is 11.5 Å². The van der Waals surface area contributed by atoms with E-state index in [0.29, 0.717) is 56.9 Å². The highest BCUT2D eigenvalue weighted by Gasteiger charge is 2.25. The van der Waals surface area contributed by atoms with E-state index in [2.05, 4.69) is 37.5 Å². The number of rotatable bonds is 11. The standard InChI is InChI=1S/C18H27N5OS.C15H23N5O2S/c1-2-11-23-17(24)14-16(22-18(23)25-13-5-3-4-6-13)21-15(20-14)12-7-9-19-10-8-12;1-2-7-20-14(22)11-13(19-15(20)23-9-8-21)18-12(17-11)10-3-5-16-6-4-10/h12-13,19H,2-11H2,1H3,(H,20,21);10,16,21H,2-9H2,1H3,(H,17,18). The number of hydrogen-bond donors (Lipinski definition) is 5. The minimum Gasteiger partial charge on any atom is -0.396 e. The number of nitrogens with zero attached hydrogens (tertiary/aromatic N) is 6. The maximum atomic E-state index is 13.0. The van der Waals surface area contributed by atoms with E-state index < -0.39 is 0 Å². The van der Waals surface area contributed by atoms with Gasteiger partial charge in [-0.1, -0.05) is 50.2 Å². The molecule has 48 heavy (non-hydrogen) atoms. The summed E-state index contributed by atoms with van der Waals surface area (Å²) in [5.74, 6) is 3.09. The molecular weight excluding hydrogens is 649 g/mol. The van der Waals surface area contributed by atoms with Crippen molar-refractivity contribution in [1.82, 2.24) is 49.7 Å².